The molecule has 6 N–H and O–H groups in total. The van der Waals surface area contributed by atoms with Gasteiger partial charge in [-0.15, -0.1) is 0 Å². The zero-order valence-electron chi connectivity index (χ0n) is 28.7. The summed E-state index contributed by atoms with van der Waals surface area (Å²) < 4.78 is 56.4. The Morgan fingerprint density at radius 1 is 1.13 bits per heavy atom. The fraction of sp³-hybridized carbons (Fsp3) is 0.515. The van der Waals surface area contributed by atoms with Crippen molar-refractivity contribution >= 4 is 66.8 Å². The monoisotopic (exact) mass is 782 g/mol. The maximum Gasteiger partial charge on any atom is 0.326 e. The number of hydrogen-bond donors (Lipinski definition) is 5. The van der Waals surface area contributed by atoms with Gasteiger partial charge < -0.3 is 25.4 Å². The van der Waals surface area contributed by atoms with Crippen LogP contribution in [0.4, 0.5) is 11.4 Å². The normalized spacial score (nSPS) is 22.3. The van der Waals surface area contributed by atoms with Crippen LogP contribution in [0.1, 0.15) is 57.9 Å². The number of nitrogens with zero attached hydrogens (tertiary/aromatic N) is 2. The number of ether oxygens (including phenoxy) is 1. The van der Waals surface area contributed by atoms with E-state index in [1.807, 2.05) is 0 Å². The number of benzene rings is 2. The first-order valence-corrected chi connectivity index (χ1v) is 20.3. The lowest BCUT2D eigenvalue weighted by molar-refractivity contribution is -0.152. The number of carboxylic acids is 1. The fourth-order valence-corrected chi connectivity index (χ4v) is 9.82. The molecule has 2 amide bonds. The number of aryl methyl sites for hydroxylation is 1. The molecule has 0 bridgehead atoms. The number of rotatable bonds is 13. The van der Waals surface area contributed by atoms with Gasteiger partial charge in [0.05, 0.1) is 36.6 Å². The minimum atomic E-state index is -4.32. The number of esters is 1. The van der Waals surface area contributed by atoms with Crippen LogP contribution in [0.3, 0.4) is 0 Å². The summed E-state index contributed by atoms with van der Waals surface area (Å²) in [6.07, 6.45) is 4.68. The molecule has 2 aliphatic heterocycles. The summed E-state index contributed by atoms with van der Waals surface area (Å²) in [6, 6.07) is 5.97. The third-order valence-corrected chi connectivity index (χ3v) is 12.9. The largest absolute Gasteiger partial charge is 0.480 e. The van der Waals surface area contributed by atoms with E-state index in [1.54, 1.807) is 38.1 Å². The van der Waals surface area contributed by atoms with Crippen LogP contribution < -0.4 is 21.1 Å². The number of sulfonamides is 2. The van der Waals surface area contributed by atoms with Crippen LogP contribution in [0.2, 0.25) is 5.02 Å². The Bertz CT molecular complexity index is 1930. The summed E-state index contributed by atoms with van der Waals surface area (Å²) in [7, 11) is -8.62. The van der Waals surface area contributed by atoms with Crippen LogP contribution in [0, 0.1) is 5.92 Å². The fourth-order valence-electron chi connectivity index (χ4n) is 7.18. The Labute approximate surface area is 307 Å². The number of carbonyl (C=O) groups excluding carboxylic acids is 3. The molecule has 0 aromatic heterocycles. The highest BCUT2D eigenvalue weighted by Gasteiger charge is 2.48. The van der Waals surface area contributed by atoms with Gasteiger partial charge >= 0.3 is 11.9 Å². The van der Waals surface area contributed by atoms with Crippen LogP contribution in [-0.2, 0) is 50.4 Å². The number of hydrogen-bond acceptors (Lipinski definition) is 11. The molecule has 1 saturated carbocycles. The summed E-state index contributed by atoms with van der Waals surface area (Å²) in [5.41, 5.74) is 1.24. The van der Waals surface area contributed by atoms with Crippen molar-refractivity contribution in [1.29, 1.82) is 0 Å². The summed E-state index contributed by atoms with van der Waals surface area (Å²) in [5.74, 6) is -2.42. The van der Waals surface area contributed by atoms with E-state index < -0.39 is 72.4 Å². The molecule has 2 heterocycles. The van der Waals surface area contributed by atoms with Crippen molar-refractivity contribution in [3.8, 4) is 0 Å². The lowest BCUT2D eigenvalue weighted by Gasteiger charge is -2.35. The van der Waals surface area contributed by atoms with Crippen LogP contribution in [0.25, 0.3) is 0 Å². The van der Waals surface area contributed by atoms with Gasteiger partial charge in [-0.25, -0.2) is 26.8 Å². The molecular formula is C33H43ClN6O10S2. The average molecular weight is 783 g/mol. The molecule has 0 unspecified atom stereocenters. The SMILES string of the molecule is CCOC(=O)[C@H](CCc1ccc(NC(=O)CN2CNc3cc(Cl)c(S(N)(=O)=O)cc3S2(=O)=O)cc1)N[C@@H](C)C(=O)N1[C@@H]2CCCC[C@@H]2C[C@H]1C(=O)O. The molecule has 0 radical (unpaired) electrons. The Morgan fingerprint density at radius 3 is 2.48 bits per heavy atom. The number of primary sulfonamides is 1. The van der Waals surface area contributed by atoms with E-state index in [0.29, 0.717) is 18.5 Å². The second-order valence-corrected chi connectivity index (χ2v) is 17.0. The number of carbonyl (C=O) groups is 4. The van der Waals surface area contributed by atoms with E-state index in [4.69, 9.17) is 21.5 Å². The maximum atomic E-state index is 13.7. The van der Waals surface area contributed by atoms with E-state index in [0.717, 1.165) is 47.7 Å². The van der Waals surface area contributed by atoms with Crippen LogP contribution >= 0.6 is 11.6 Å². The summed E-state index contributed by atoms with van der Waals surface area (Å²) >= 11 is 5.98. The van der Waals surface area contributed by atoms with E-state index in [1.165, 1.54) is 4.90 Å². The molecule has 0 spiro atoms. The quantitative estimate of drug-likeness (QED) is 0.184. The number of anilines is 2. The molecule has 52 heavy (non-hydrogen) atoms. The third kappa shape index (κ3) is 8.69. The molecule has 19 heteroatoms. The number of halogens is 1. The van der Waals surface area contributed by atoms with Crippen molar-refractivity contribution in [2.24, 2.45) is 11.1 Å². The average Bonchev–Trinajstić information content (AvgIpc) is 3.47. The van der Waals surface area contributed by atoms with Gasteiger partial charge in [0.1, 0.15) is 21.9 Å². The zero-order valence-corrected chi connectivity index (χ0v) is 31.1. The molecule has 1 saturated heterocycles. The summed E-state index contributed by atoms with van der Waals surface area (Å²) in [6.45, 7) is 2.59. The van der Waals surface area contributed by atoms with Gasteiger partial charge in [-0.1, -0.05) is 36.6 Å². The zero-order chi connectivity index (χ0) is 38.0. The van der Waals surface area contributed by atoms with Gasteiger partial charge in [-0.2, -0.15) is 4.31 Å². The highest BCUT2D eigenvalue weighted by Crippen LogP contribution is 2.40. The van der Waals surface area contributed by atoms with Gasteiger partial charge in [-0.05, 0) is 81.7 Å². The number of likely N-dealkylation sites (tertiary alicyclic amines) is 1. The van der Waals surface area contributed by atoms with E-state index in [2.05, 4.69) is 16.0 Å². The van der Waals surface area contributed by atoms with Gasteiger partial charge in [0, 0.05) is 11.7 Å². The number of nitrogens with two attached hydrogens (primary N) is 1. The smallest absolute Gasteiger partial charge is 0.326 e. The molecule has 1 aliphatic carbocycles. The first kappa shape index (κ1) is 39.4. The third-order valence-electron chi connectivity index (χ3n) is 9.70. The topological polar surface area (TPSA) is 235 Å². The van der Waals surface area contributed by atoms with E-state index in [9.17, 15) is 41.1 Å². The summed E-state index contributed by atoms with van der Waals surface area (Å²) in [4.78, 5) is 52.1. The van der Waals surface area contributed by atoms with Crippen molar-refractivity contribution in [2.75, 3.05) is 30.5 Å². The highest BCUT2D eigenvalue weighted by molar-refractivity contribution is 7.90. The first-order chi connectivity index (χ1) is 24.5. The molecule has 2 aromatic carbocycles. The molecule has 5 atom stereocenters. The van der Waals surface area contributed by atoms with E-state index in [-0.39, 0.29) is 48.3 Å². The Hall–Kier alpha value is -3.81. The van der Waals surface area contributed by atoms with Crippen molar-refractivity contribution in [2.45, 2.75) is 92.8 Å². The Kier molecular flexibility index (Phi) is 12.2. The highest BCUT2D eigenvalue weighted by atomic mass is 35.5. The number of carboxylic acid groups (broad SMARTS) is 1. The summed E-state index contributed by atoms with van der Waals surface area (Å²) in [5, 5.41) is 23.3. The van der Waals surface area contributed by atoms with E-state index >= 15 is 0 Å². The molecule has 5 rings (SSSR count). The molecule has 3 aliphatic rings. The second-order valence-electron chi connectivity index (χ2n) is 13.2. The predicted octanol–water partition coefficient (Wildman–Crippen LogP) is 2.09. The van der Waals surface area contributed by atoms with Crippen molar-refractivity contribution in [1.82, 2.24) is 14.5 Å². The molecule has 2 fully saturated rings. The number of fused-ring (bicyclic) bond motifs is 2. The first-order valence-electron chi connectivity index (χ1n) is 17.0. The van der Waals surface area contributed by atoms with Crippen molar-refractivity contribution in [3.63, 3.8) is 0 Å². The van der Waals surface area contributed by atoms with Crippen LogP contribution in [0.15, 0.2) is 46.2 Å². The van der Waals surface area contributed by atoms with Gasteiger partial charge in [0.15, 0.2) is 0 Å². The molecule has 284 valence electrons. The van der Waals surface area contributed by atoms with Gasteiger partial charge in [0.2, 0.25) is 31.9 Å². The Balaban J connectivity index is 1.19. The van der Waals surface area contributed by atoms with Crippen LogP contribution in [-0.4, -0.2) is 98.9 Å². The molecular weight excluding hydrogens is 740 g/mol. The standard InChI is InChI=1S/C33H43ClN6O10S2/c1-3-50-33(45)24(37-19(2)31(42)40-26-7-5-4-6-21(26)14-27(40)32(43)44)13-10-20-8-11-22(12-9-20)38-30(41)17-39-18-36-25-15-23(34)28(51(35,46)47)16-29(25)52(39,48)49/h8-9,11-12,15-16,19,21,24,26-27,36-37H,3-7,10,13-14,17-18H2,1-2H3,(H,38,41)(H,43,44)(H2,35,46,47)/t19-,21+,24-,26+,27-/m0/s1. The number of nitrogens with one attached hydrogen (secondary N) is 3. The lowest BCUT2D eigenvalue weighted by atomic mass is 9.84. The molecule has 2 aromatic rings. The lowest BCUT2D eigenvalue weighted by Crippen LogP contribution is -2.55. The van der Waals surface area contributed by atoms with Crippen molar-refractivity contribution < 1.29 is 45.9 Å². The number of amides is 2. The van der Waals surface area contributed by atoms with Gasteiger partial charge in [-0.3, -0.25) is 19.7 Å². The van der Waals surface area contributed by atoms with Crippen molar-refractivity contribution in [3.05, 3.63) is 47.0 Å². The Morgan fingerprint density at radius 2 is 1.83 bits per heavy atom. The van der Waals surface area contributed by atoms with Gasteiger partial charge in [0.25, 0.3) is 0 Å². The predicted molar refractivity (Wildman–Crippen MR) is 190 cm³/mol. The maximum absolute atomic E-state index is 13.7. The minimum absolute atomic E-state index is 0.0714. The minimum Gasteiger partial charge on any atom is -0.480 e. The van der Waals surface area contributed by atoms with Crippen LogP contribution in [0.5, 0.6) is 0 Å². The number of aliphatic carboxylic acids is 1. The molecule has 16 nitrogen and oxygen atoms in total. The second kappa shape index (κ2) is 16.1.